The van der Waals surface area contributed by atoms with Gasteiger partial charge in [0, 0.05) is 6.54 Å². The summed E-state index contributed by atoms with van der Waals surface area (Å²) in [5, 5.41) is 4.80. The molecule has 1 N–H and O–H groups in total. The minimum atomic E-state index is -4.55. The third-order valence-corrected chi connectivity index (χ3v) is 4.27. The molecule has 0 bridgehead atoms. The van der Waals surface area contributed by atoms with Crippen LogP contribution in [0.4, 0.5) is 19.0 Å². The van der Waals surface area contributed by atoms with Crippen LogP contribution in [0.15, 0.2) is 29.2 Å². The maximum Gasteiger partial charge on any atom is 0.451 e. The Hall–Kier alpha value is -1.89. The Morgan fingerprint density at radius 2 is 2.14 bits per heavy atom. The van der Waals surface area contributed by atoms with Gasteiger partial charge in [0.15, 0.2) is 0 Å². The maximum absolute atomic E-state index is 12.9. The molecular weight excluding hydrogens is 299 g/mol. The van der Waals surface area contributed by atoms with Crippen LogP contribution in [0.2, 0.25) is 0 Å². The molecule has 1 aliphatic carbocycles. The normalized spacial score (nSPS) is 14.8. The summed E-state index contributed by atoms with van der Waals surface area (Å²) in [4.78, 5) is 7.32. The van der Waals surface area contributed by atoms with E-state index in [4.69, 9.17) is 0 Å². The maximum atomic E-state index is 12.9. The van der Waals surface area contributed by atoms with Crippen LogP contribution in [-0.2, 0) is 6.18 Å². The van der Waals surface area contributed by atoms with E-state index in [1.54, 1.807) is 12.3 Å². The van der Waals surface area contributed by atoms with Crippen molar-refractivity contribution in [3.63, 3.8) is 0 Å². The highest BCUT2D eigenvalue weighted by molar-refractivity contribution is 7.18. The predicted molar refractivity (Wildman–Crippen MR) is 77.5 cm³/mol. The van der Waals surface area contributed by atoms with Gasteiger partial charge in [-0.25, -0.2) is 9.97 Å². The summed E-state index contributed by atoms with van der Waals surface area (Å²) < 4.78 is 39.4. The predicted octanol–water partition coefficient (Wildman–Crippen LogP) is 4.32. The van der Waals surface area contributed by atoms with Gasteiger partial charge in [-0.2, -0.15) is 13.2 Å². The second-order valence-electron chi connectivity index (χ2n) is 4.80. The number of hydrogen-bond acceptors (Lipinski definition) is 4. The first-order chi connectivity index (χ1) is 9.95. The quantitative estimate of drug-likeness (QED) is 0.917. The Morgan fingerprint density at radius 3 is 2.81 bits per heavy atom. The number of fused-ring (bicyclic) bond motifs is 1. The highest BCUT2D eigenvalue weighted by Crippen LogP contribution is 2.34. The molecule has 1 aliphatic rings. The van der Waals surface area contributed by atoms with Crippen LogP contribution in [0.5, 0.6) is 0 Å². The molecule has 3 nitrogen and oxygen atoms in total. The molecule has 2 heterocycles. The van der Waals surface area contributed by atoms with Crippen molar-refractivity contribution in [2.24, 2.45) is 0 Å². The molecule has 21 heavy (non-hydrogen) atoms. The lowest BCUT2D eigenvalue weighted by Gasteiger charge is -2.11. The topological polar surface area (TPSA) is 37.8 Å². The number of hydrogen-bond donors (Lipinski definition) is 1. The van der Waals surface area contributed by atoms with Crippen molar-refractivity contribution in [1.29, 1.82) is 0 Å². The van der Waals surface area contributed by atoms with Crippen LogP contribution in [-0.4, -0.2) is 16.5 Å². The molecule has 0 aliphatic heterocycles. The van der Waals surface area contributed by atoms with E-state index in [1.165, 1.54) is 11.3 Å². The summed E-state index contributed by atoms with van der Waals surface area (Å²) in [6.45, 7) is 2.23. The highest BCUT2D eigenvalue weighted by Gasteiger charge is 2.36. The van der Waals surface area contributed by atoms with Crippen LogP contribution in [0.3, 0.4) is 0 Å². The monoisotopic (exact) mass is 311 g/mol. The van der Waals surface area contributed by atoms with E-state index >= 15 is 0 Å². The number of aryl methyl sites for hydroxylation is 1. The number of halogens is 3. The van der Waals surface area contributed by atoms with Crippen molar-refractivity contribution in [3.05, 3.63) is 40.6 Å². The van der Waals surface area contributed by atoms with Crippen LogP contribution < -0.4 is 5.32 Å². The van der Waals surface area contributed by atoms with Crippen molar-refractivity contribution in [2.45, 2.75) is 19.5 Å². The molecule has 2 aromatic rings. The fraction of sp³-hybridized carbons (Fsp3) is 0.286. The van der Waals surface area contributed by atoms with Gasteiger partial charge in [0.1, 0.15) is 5.82 Å². The number of allylic oxidation sites excluding steroid dienone is 3. The van der Waals surface area contributed by atoms with Gasteiger partial charge in [0.2, 0.25) is 5.82 Å². The van der Waals surface area contributed by atoms with Gasteiger partial charge < -0.3 is 5.32 Å². The third-order valence-electron chi connectivity index (χ3n) is 3.18. The van der Waals surface area contributed by atoms with Gasteiger partial charge in [0.25, 0.3) is 0 Å². The molecule has 0 saturated heterocycles. The van der Waals surface area contributed by atoms with Gasteiger partial charge in [-0.3, -0.25) is 0 Å². The molecule has 0 saturated carbocycles. The van der Waals surface area contributed by atoms with Crippen molar-refractivity contribution >= 4 is 27.4 Å². The molecule has 7 heteroatoms. The average Bonchev–Trinajstić information content (AvgIpc) is 3.05. The van der Waals surface area contributed by atoms with Crippen LogP contribution >= 0.6 is 11.3 Å². The molecule has 0 atom stereocenters. The van der Waals surface area contributed by atoms with E-state index in [0.29, 0.717) is 16.8 Å². The second kappa shape index (κ2) is 5.14. The van der Waals surface area contributed by atoms with E-state index in [0.717, 1.165) is 17.6 Å². The number of rotatable bonds is 3. The summed E-state index contributed by atoms with van der Waals surface area (Å²) in [6.07, 6.45) is 2.16. The Morgan fingerprint density at radius 1 is 1.33 bits per heavy atom. The number of nitrogens with zero attached hydrogens (tertiary/aromatic N) is 2. The fourth-order valence-electron chi connectivity index (χ4n) is 2.10. The molecule has 0 aromatic carbocycles. The summed E-state index contributed by atoms with van der Waals surface area (Å²) in [5.41, 5.74) is 2.21. The van der Waals surface area contributed by atoms with E-state index < -0.39 is 12.0 Å². The van der Waals surface area contributed by atoms with Gasteiger partial charge >= 0.3 is 6.18 Å². The lowest BCUT2D eigenvalue weighted by atomic mass is 10.2. The van der Waals surface area contributed by atoms with Crippen molar-refractivity contribution in [1.82, 2.24) is 9.97 Å². The zero-order valence-corrected chi connectivity index (χ0v) is 12.0. The van der Waals surface area contributed by atoms with E-state index in [-0.39, 0.29) is 5.82 Å². The van der Waals surface area contributed by atoms with Gasteiger partial charge in [-0.1, -0.05) is 18.2 Å². The molecule has 2 aromatic heterocycles. The largest absolute Gasteiger partial charge is 0.451 e. The Labute approximate surface area is 123 Å². The summed E-state index contributed by atoms with van der Waals surface area (Å²) >= 11 is 1.35. The molecule has 0 fully saturated rings. The standard InChI is InChI=1S/C14H12F3N3S/c1-8-7-21-11-10(8)19-13(14(15,16)17)20-12(11)18-6-9-4-2-3-5-9/h2-4,7H,5-6H2,1H3,(H,18,19,20). The molecular formula is C14H12F3N3S. The summed E-state index contributed by atoms with van der Waals surface area (Å²) in [7, 11) is 0. The average molecular weight is 311 g/mol. The van der Waals surface area contributed by atoms with Crippen LogP contribution in [0, 0.1) is 6.92 Å². The minimum Gasteiger partial charge on any atom is -0.365 e. The number of thiophene rings is 1. The van der Waals surface area contributed by atoms with E-state index in [9.17, 15) is 13.2 Å². The fourth-order valence-corrected chi connectivity index (χ4v) is 3.05. The van der Waals surface area contributed by atoms with Gasteiger partial charge in [-0.15, -0.1) is 11.3 Å². The zero-order valence-electron chi connectivity index (χ0n) is 11.2. The highest BCUT2D eigenvalue weighted by atomic mass is 32.1. The summed E-state index contributed by atoms with van der Waals surface area (Å²) in [6, 6.07) is 0. The Bertz CT molecular complexity index is 744. The van der Waals surface area contributed by atoms with Crippen molar-refractivity contribution in [2.75, 3.05) is 11.9 Å². The molecule has 0 radical (unpaired) electrons. The number of anilines is 1. The zero-order chi connectivity index (χ0) is 15.0. The van der Waals surface area contributed by atoms with Crippen molar-refractivity contribution in [3.8, 4) is 0 Å². The molecule has 110 valence electrons. The lowest BCUT2D eigenvalue weighted by Crippen LogP contribution is -2.14. The lowest BCUT2D eigenvalue weighted by molar-refractivity contribution is -0.144. The molecule has 0 unspecified atom stereocenters. The number of nitrogens with one attached hydrogen (secondary N) is 1. The summed E-state index contributed by atoms with van der Waals surface area (Å²) in [5.74, 6) is -0.851. The van der Waals surface area contributed by atoms with Gasteiger partial charge in [-0.05, 0) is 29.9 Å². The first kappa shape index (κ1) is 14.1. The van der Waals surface area contributed by atoms with Crippen molar-refractivity contribution < 1.29 is 13.2 Å². The Kier molecular flexibility index (Phi) is 3.44. The number of aromatic nitrogens is 2. The van der Waals surface area contributed by atoms with Crippen LogP contribution in [0.25, 0.3) is 10.2 Å². The second-order valence-corrected chi connectivity index (χ2v) is 5.68. The van der Waals surface area contributed by atoms with E-state index in [2.05, 4.69) is 15.3 Å². The third kappa shape index (κ3) is 2.78. The molecule has 0 spiro atoms. The SMILES string of the molecule is Cc1csc2c(NCC3=CC=CC3)nc(C(F)(F)F)nc12. The van der Waals surface area contributed by atoms with Gasteiger partial charge in [0.05, 0.1) is 10.2 Å². The molecule has 3 rings (SSSR count). The van der Waals surface area contributed by atoms with E-state index in [1.807, 2.05) is 18.2 Å². The first-order valence-electron chi connectivity index (χ1n) is 6.36. The number of alkyl halides is 3. The Balaban J connectivity index is 1.98. The van der Waals surface area contributed by atoms with Crippen LogP contribution in [0.1, 0.15) is 17.8 Å². The molecule has 0 amide bonds. The smallest absolute Gasteiger partial charge is 0.365 e. The minimum absolute atomic E-state index is 0.248. The first-order valence-corrected chi connectivity index (χ1v) is 7.24.